The molecule has 0 saturated heterocycles. The van der Waals surface area contributed by atoms with Gasteiger partial charge in [0.25, 0.3) is 0 Å². The van der Waals surface area contributed by atoms with Crippen LogP contribution in [0.3, 0.4) is 0 Å². The first kappa shape index (κ1) is 16.6. The largest absolute Gasteiger partial charge is 0.497 e. The number of imidazole rings is 1. The quantitative estimate of drug-likeness (QED) is 0.747. The Morgan fingerprint density at radius 2 is 1.88 bits per heavy atom. The molecule has 3 aromatic rings. The predicted molar refractivity (Wildman–Crippen MR) is 93.8 cm³/mol. The first-order valence-electron chi connectivity index (χ1n) is 7.91. The van der Waals surface area contributed by atoms with Crippen molar-refractivity contribution in [3.05, 3.63) is 60.4 Å². The number of hydrogen-bond acceptors (Lipinski definition) is 5. The summed E-state index contributed by atoms with van der Waals surface area (Å²) in [6, 6.07) is 7.69. The molecule has 128 valence electrons. The van der Waals surface area contributed by atoms with Crippen molar-refractivity contribution in [2.75, 3.05) is 12.4 Å². The lowest BCUT2D eigenvalue weighted by Gasteiger charge is -2.07. The van der Waals surface area contributed by atoms with E-state index in [1.165, 1.54) is 0 Å². The SMILES string of the molecule is COc1ccc(CCC(=O)Nc2cnc(-n3ccnc3C)nc2)cc1. The van der Waals surface area contributed by atoms with Gasteiger partial charge >= 0.3 is 0 Å². The van der Waals surface area contributed by atoms with Gasteiger partial charge in [0.2, 0.25) is 11.9 Å². The molecule has 0 radical (unpaired) electrons. The molecule has 0 unspecified atom stereocenters. The Labute approximate surface area is 145 Å². The third-order valence-electron chi connectivity index (χ3n) is 3.76. The van der Waals surface area contributed by atoms with Crippen molar-refractivity contribution in [3.8, 4) is 11.7 Å². The van der Waals surface area contributed by atoms with E-state index in [4.69, 9.17) is 4.74 Å². The van der Waals surface area contributed by atoms with Crippen molar-refractivity contribution in [2.45, 2.75) is 19.8 Å². The Balaban J connectivity index is 1.54. The molecule has 0 fully saturated rings. The molecule has 7 heteroatoms. The van der Waals surface area contributed by atoms with Gasteiger partial charge in [0, 0.05) is 18.8 Å². The number of aromatic nitrogens is 4. The molecule has 0 bridgehead atoms. The van der Waals surface area contributed by atoms with Crippen LogP contribution in [0.4, 0.5) is 5.69 Å². The van der Waals surface area contributed by atoms with E-state index in [0.717, 1.165) is 17.1 Å². The summed E-state index contributed by atoms with van der Waals surface area (Å²) < 4.78 is 6.89. The minimum atomic E-state index is -0.0778. The summed E-state index contributed by atoms with van der Waals surface area (Å²) in [5.74, 6) is 2.05. The number of methoxy groups -OCH3 is 1. The van der Waals surface area contributed by atoms with Gasteiger partial charge in [-0.15, -0.1) is 0 Å². The van der Waals surface area contributed by atoms with Gasteiger partial charge in [0.15, 0.2) is 0 Å². The van der Waals surface area contributed by atoms with Gasteiger partial charge in [0.05, 0.1) is 25.2 Å². The van der Waals surface area contributed by atoms with Gasteiger partial charge in [-0.05, 0) is 31.0 Å². The highest BCUT2D eigenvalue weighted by Gasteiger charge is 2.07. The Bertz CT molecular complexity index is 841. The smallest absolute Gasteiger partial charge is 0.235 e. The van der Waals surface area contributed by atoms with Crippen LogP contribution >= 0.6 is 0 Å². The normalized spacial score (nSPS) is 10.5. The van der Waals surface area contributed by atoms with Crippen LogP contribution in [0.5, 0.6) is 5.75 Å². The standard InChI is InChI=1S/C18H19N5O2/c1-13-19-9-10-23(13)18-20-11-15(12-21-18)22-17(24)8-5-14-3-6-16(25-2)7-4-14/h3-4,6-7,9-12H,5,8H2,1-2H3,(H,22,24). The number of amides is 1. The number of hydrogen-bond donors (Lipinski definition) is 1. The van der Waals surface area contributed by atoms with E-state index >= 15 is 0 Å². The topological polar surface area (TPSA) is 81.9 Å². The molecule has 1 N–H and O–H groups in total. The summed E-state index contributed by atoms with van der Waals surface area (Å²) in [4.78, 5) is 24.7. The number of aryl methyl sites for hydroxylation is 2. The second-order valence-corrected chi connectivity index (χ2v) is 5.51. The molecular formula is C18H19N5O2. The summed E-state index contributed by atoms with van der Waals surface area (Å²) in [7, 11) is 1.63. The maximum atomic E-state index is 12.1. The van der Waals surface area contributed by atoms with E-state index in [1.807, 2.05) is 31.2 Å². The van der Waals surface area contributed by atoms with Gasteiger partial charge in [-0.1, -0.05) is 12.1 Å². The maximum Gasteiger partial charge on any atom is 0.235 e. The van der Waals surface area contributed by atoms with Gasteiger partial charge in [-0.3, -0.25) is 9.36 Å². The molecule has 2 heterocycles. The highest BCUT2D eigenvalue weighted by molar-refractivity contribution is 5.90. The number of nitrogens with zero attached hydrogens (tertiary/aromatic N) is 4. The van der Waals surface area contributed by atoms with Crippen LogP contribution in [-0.2, 0) is 11.2 Å². The molecule has 25 heavy (non-hydrogen) atoms. The molecule has 0 saturated carbocycles. The lowest BCUT2D eigenvalue weighted by molar-refractivity contribution is -0.116. The number of ether oxygens (including phenoxy) is 1. The highest BCUT2D eigenvalue weighted by Crippen LogP contribution is 2.13. The Hall–Kier alpha value is -3.22. The molecule has 3 rings (SSSR count). The van der Waals surface area contributed by atoms with E-state index in [0.29, 0.717) is 24.5 Å². The van der Waals surface area contributed by atoms with Crippen LogP contribution in [0.1, 0.15) is 17.8 Å². The average molecular weight is 337 g/mol. The molecule has 1 aromatic carbocycles. The molecule has 0 atom stereocenters. The molecule has 0 aliphatic carbocycles. The third kappa shape index (κ3) is 4.20. The summed E-state index contributed by atoms with van der Waals surface area (Å²) >= 11 is 0. The van der Waals surface area contributed by atoms with Crippen molar-refractivity contribution in [1.29, 1.82) is 0 Å². The molecule has 2 aromatic heterocycles. The Morgan fingerprint density at radius 3 is 2.48 bits per heavy atom. The summed E-state index contributed by atoms with van der Waals surface area (Å²) in [6.45, 7) is 1.87. The Morgan fingerprint density at radius 1 is 1.16 bits per heavy atom. The fourth-order valence-electron chi connectivity index (χ4n) is 2.37. The van der Waals surface area contributed by atoms with Crippen LogP contribution < -0.4 is 10.1 Å². The van der Waals surface area contributed by atoms with Gasteiger partial charge < -0.3 is 10.1 Å². The highest BCUT2D eigenvalue weighted by atomic mass is 16.5. The summed E-state index contributed by atoms with van der Waals surface area (Å²) in [6.07, 6.45) is 7.70. The van der Waals surface area contributed by atoms with E-state index in [-0.39, 0.29) is 5.91 Å². The minimum Gasteiger partial charge on any atom is -0.497 e. The van der Waals surface area contributed by atoms with E-state index in [2.05, 4.69) is 20.3 Å². The molecule has 0 aliphatic rings. The van der Waals surface area contributed by atoms with Crippen molar-refractivity contribution < 1.29 is 9.53 Å². The van der Waals surface area contributed by atoms with Crippen molar-refractivity contribution >= 4 is 11.6 Å². The van der Waals surface area contributed by atoms with Gasteiger partial charge in [-0.25, -0.2) is 15.0 Å². The van der Waals surface area contributed by atoms with Crippen LogP contribution in [0.2, 0.25) is 0 Å². The summed E-state index contributed by atoms with van der Waals surface area (Å²) in [5.41, 5.74) is 1.65. The fourth-order valence-corrected chi connectivity index (χ4v) is 2.37. The van der Waals surface area contributed by atoms with Crippen LogP contribution in [0.15, 0.2) is 49.1 Å². The number of benzene rings is 1. The molecular weight excluding hydrogens is 318 g/mol. The zero-order valence-corrected chi connectivity index (χ0v) is 14.1. The van der Waals surface area contributed by atoms with Crippen molar-refractivity contribution in [2.24, 2.45) is 0 Å². The fraction of sp³-hybridized carbons (Fsp3) is 0.222. The average Bonchev–Trinajstić information content (AvgIpc) is 3.07. The second kappa shape index (κ2) is 7.57. The zero-order valence-electron chi connectivity index (χ0n) is 14.1. The van der Waals surface area contributed by atoms with E-state index < -0.39 is 0 Å². The zero-order chi connectivity index (χ0) is 17.6. The Kier molecular flexibility index (Phi) is 5.03. The van der Waals surface area contributed by atoms with E-state index in [9.17, 15) is 4.79 Å². The van der Waals surface area contributed by atoms with Gasteiger partial charge in [0.1, 0.15) is 11.6 Å². The maximum absolute atomic E-state index is 12.1. The van der Waals surface area contributed by atoms with Crippen LogP contribution in [0.25, 0.3) is 5.95 Å². The van der Waals surface area contributed by atoms with Crippen molar-refractivity contribution in [3.63, 3.8) is 0 Å². The van der Waals surface area contributed by atoms with Crippen LogP contribution in [-0.4, -0.2) is 32.5 Å². The number of anilines is 1. The second-order valence-electron chi connectivity index (χ2n) is 5.51. The number of carbonyl (C=O) groups excluding carboxylic acids is 1. The first-order valence-corrected chi connectivity index (χ1v) is 7.91. The molecule has 0 spiro atoms. The van der Waals surface area contributed by atoms with Crippen LogP contribution in [0, 0.1) is 6.92 Å². The molecule has 1 amide bonds. The third-order valence-corrected chi connectivity index (χ3v) is 3.76. The summed E-state index contributed by atoms with van der Waals surface area (Å²) in [5, 5.41) is 2.81. The predicted octanol–water partition coefficient (Wildman–Crippen LogP) is 2.55. The van der Waals surface area contributed by atoms with Gasteiger partial charge in [-0.2, -0.15) is 0 Å². The monoisotopic (exact) mass is 337 g/mol. The lowest BCUT2D eigenvalue weighted by Crippen LogP contribution is -2.13. The molecule has 0 aliphatic heterocycles. The number of carbonyl (C=O) groups is 1. The number of nitrogens with one attached hydrogen (secondary N) is 1. The minimum absolute atomic E-state index is 0.0778. The lowest BCUT2D eigenvalue weighted by atomic mass is 10.1. The van der Waals surface area contributed by atoms with Crippen molar-refractivity contribution in [1.82, 2.24) is 19.5 Å². The first-order chi connectivity index (χ1) is 12.2. The number of rotatable bonds is 6. The molecule has 7 nitrogen and oxygen atoms in total. The van der Waals surface area contributed by atoms with E-state index in [1.54, 1.807) is 36.5 Å².